The minimum atomic E-state index is -0.234. The molecule has 4 nitrogen and oxygen atoms in total. The first-order valence-electron chi connectivity index (χ1n) is 6.00. The zero-order valence-corrected chi connectivity index (χ0v) is 10.6. The molecule has 1 saturated heterocycles. The fraction of sp³-hybridized carbons (Fsp3) is 0.833. The van der Waals surface area contributed by atoms with Gasteiger partial charge in [0, 0.05) is 19.5 Å². The third-order valence-corrected chi connectivity index (χ3v) is 3.29. The maximum Gasteiger partial charge on any atom is 0.324 e. The number of rotatable bonds is 4. The van der Waals surface area contributed by atoms with Crippen molar-refractivity contribution >= 4 is 11.9 Å². The van der Waals surface area contributed by atoms with E-state index in [2.05, 4.69) is 33.0 Å². The van der Waals surface area contributed by atoms with Gasteiger partial charge in [-0.3, -0.25) is 10.1 Å². The van der Waals surface area contributed by atoms with Gasteiger partial charge in [0.25, 0.3) is 0 Å². The SMILES string of the molecule is CC(C)C(CN1CCC(=O)NC1=O)C(C)C. The smallest absolute Gasteiger partial charge is 0.324 e. The van der Waals surface area contributed by atoms with Crippen LogP contribution >= 0.6 is 0 Å². The van der Waals surface area contributed by atoms with Crippen molar-refractivity contribution in [1.29, 1.82) is 0 Å². The molecule has 4 heteroatoms. The fourth-order valence-electron chi connectivity index (χ4n) is 2.22. The average molecular weight is 226 g/mol. The van der Waals surface area contributed by atoms with Crippen LogP contribution in [0, 0.1) is 17.8 Å². The van der Waals surface area contributed by atoms with Crippen LogP contribution in [0.5, 0.6) is 0 Å². The molecule has 1 rings (SSSR count). The maximum atomic E-state index is 11.6. The molecule has 0 aromatic carbocycles. The van der Waals surface area contributed by atoms with Crippen LogP contribution in [0.1, 0.15) is 34.1 Å². The van der Waals surface area contributed by atoms with Gasteiger partial charge in [0.15, 0.2) is 0 Å². The fourth-order valence-corrected chi connectivity index (χ4v) is 2.22. The monoisotopic (exact) mass is 226 g/mol. The van der Waals surface area contributed by atoms with Gasteiger partial charge in [-0.2, -0.15) is 0 Å². The summed E-state index contributed by atoms with van der Waals surface area (Å²) in [6, 6.07) is -0.234. The minimum Gasteiger partial charge on any atom is -0.324 e. The molecule has 0 atom stereocenters. The summed E-state index contributed by atoms with van der Waals surface area (Å²) in [5, 5.41) is 2.36. The zero-order chi connectivity index (χ0) is 12.3. The van der Waals surface area contributed by atoms with E-state index in [9.17, 15) is 9.59 Å². The lowest BCUT2D eigenvalue weighted by atomic mass is 9.85. The highest BCUT2D eigenvalue weighted by atomic mass is 16.2. The van der Waals surface area contributed by atoms with E-state index in [0.29, 0.717) is 30.7 Å². The van der Waals surface area contributed by atoms with E-state index >= 15 is 0 Å². The Bertz CT molecular complexity index is 266. The van der Waals surface area contributed by atoms with Gasteiger partial charge in [0.2, 0.25) is 5.91 Å². The van der Waals surface area contributed by atoms with Gasteiger partial charge in [-0.15, -0.1) is 0 Å². The van der Waals surface area contributed by atoms with Crippen molar-refractivity contribution in [2.24, 2.45) is 17.8 Å². The van der Waals surface area contributed by atoms with Crippen LogP contribution in [-0.2, 0) is 4.79 Å². The largest absolute Gasteiger partial charge is 0.324 e. The van der Waals surface area contributed by atoms with E-state index in [0.717, 1.165) is 6.54 Å². The van der Waals surface area contributed by atoms with Crippen molar-refractivity contribution in [3.05, 3.63) is 0 Å². The maximum absolute atomic E-state index is 11.6. The van der Waals surface area contributed by atoms with E-state index < -0.39 is 0 Å². The van der Waals surface area contributed by atoms with E-state index in [4.69, 9.17) is 0 Å². The standard InChI is InChI=1S/C12H22N2O2/c1-8(2)10(9(3)4)7-14-6-5-11(15)13-12(14)16/h8-10H,5-7H2,1-4H3,(H,13,15,16). The molecule has 0 saturated carbocycles. The summed E-state index contributed by atoms with van der Waals surface area (Å²) in [6.07, 6.45) is 0.425. The minimum absolute atomic E-state index is 0.160. The number of nitrogens with zero attached hydrogens (tertiary/aromatic N) is 1. The number of hydrogen-bond acceptors (Lipinski definition) is 2. The normalized spacial score (nSPS) is 17.6. The second-order valence-corrected chi connectivity index (χ2v) is 5.20. The molecule has 1 heterocycles. The molecular formula is C12H22N2O2. The van der Waals surface area contributed by atoms with E-state index in [1.54, 1.807) is 4.90 Å². The van der Waals surface area contributed by atoms with Crippen LogP contribution in [0.3, 0.4) is 0 Å². The summed E-state index contributed by atoms with van der Waals surface area (Å²) in [6.45, 7) is 10.0. The van der Waals surface area contributed by atoms with Crippen LogP contribution in [0.25, 0.3) is 0 Å². The number of urea groups is 1. The predicted molar refractivity (Wildman–Crippen MR) is 62.9 cm³/mol. The Morgan fingerprint density at radius 3 is 2.19 bits per heavy atom. The van der Waals surface area contributed by atoms with Gasteiger partial charge in [-0.1, -0.05) is 27.7 Å². The van der Waals surface area contributed by atoms with Crippen molar-refractivity contribution in [3.63, 3.8) is 0 Å². The Balaban J connectivity index is 2.58. The number of carbonyl (C=O) groups excluding carboxylic acids is 2. The van der Waals surface area contributed by atoms with Gasteiger partial charge < -0.3 is 4.90 Å². The van der Waals surface area contributed by atoms with Crippen LogP contribution in [0.4, 0.5) is 4.79 Å². The molecule has 0 aromatic rings. The summed E-state index contributed by atoms with van der Waals surface area (Å²) < 4.78 is 0. The molecule has 16 heavy (non-hydrogen) atoms. The van der Waals surface area contributed by atoms with Crippen molar-refractivity contribution < 1.29 is 9.59 Å². The van der Waals surface area contributed by atoms with Crippen molar-refractivity contribution in [2.75, 3.05) is 13.1 Å². The average Bonchev–Trinajstić information content (AvgIpc) is 2.15. The van der Waals surface area contributed by atoms with Crippen LogP contribution in [0.15, 0.2) is 0 Å². The number of carbonyl (C=O) groups is 2. The molecule has 1 fully saturated rings. The number of amides is 3. The van der Waals surface area contributed by atoms with E-state index in [-0.39, 0.29) is 11.9 Å². The Morgan fingerprint density at radius 1 is 1.19 bits per heavy atom. The highest BCUT2D eigenvalue weighted by Gasteiger charge is 2.27. The highest BCUT2D eigenvalue weighted by molar-refractivity contribution is 5.96. The molecule has 1 N–H and O–H groups in total. The molecule has 0 aliphatic carbocycles. The molecule has 0 unspecified atom stereocenters. The van der Waals surface area contributed by atoms with Gasteiger partial charge in [-0.05, 0) is 17.8 Å². The van der Waals surface area contributed by atoms with Gasteiger partial charge in [0.1, 0.15) is 0 Å². The van der Waals surface area contributed by atoms with E-state index in [1.807, 2.05) is 0 Å². The topological polar surface area (TPSA) is 49.4 Å². The van der Waals surface area contributed by atoms with Crippen LogP contribution in [0.2, 0.25) is 0 Å². The van der Waals surface area contributed by atoms with Gasteiger partial charge in [0.05, 0.1) is 0 Å². The zero-order valence-electron chi connectivity index (χ0n) is 10.6. The first kappa shape index (κ1) is 13.0. The lowest BCUT2D eigenvalue weighted by molar-refractivity contribution is -0.121. The van der Waals surface area contributed by atoms with Crippen molar-refractivity contribution in [2.45, 2.75) is 34.1 Å². The van der Waals surface area contributed by atoms with Gasteiger partial charge >= 0.3 is 6.03 Å². The summed E-state index contributed by atoms with van der Waals surface area (Å²) >= 11 is 0. The third-order valence-electron chi connectivity index (χ3n) is 3.29. The molecule has 0 bridgehead atoms. The van der Waals surface area contributed by atoms with E-state index in [1.165, 1.54) is 0 Å². The second-order valence-electron chi connectivity index (χ2n) is 5.20. The number of imide groups is 1. The van der Waals surface area contributed by atoms with Crippen LogP contribution in [-0.4, -0.2) is 29.9 Å². The summed E-state index contributed by atoms with van der Waals surface area (Å²) in [7, 11) is 0. The third kappa shape index (κ3) is 3.22. The lowest BCUT2D eigenvalue weighted by Crippen LogP contribution is -2.51. The Morgan fingerprint density at radius 2 is 1.75 bits per heavy atom. The molecule has 92 valence electrons. The van der Waals surface area contributed by atoms with Crippen LogP contribution < -0.4 is 5.32 Å². The first-order chi connectivity index (χ1) is 7.41. The molecule has 1 aliphatic heterocycles. The molecule has 0 aromatic heterocycles. The Kier molecular flexibility index (Phi) is 4.33. The molecule has 1 aliphatic rings. The molecule has 0 radical (unpaired) electrons. The molecule has 3 amide bonds. The molecular weight excluding hydrogens is 204 g/mol. The Labute approximate surface area is 97.4 Å². The lowest BCUT2D eigenvalue weighted by Gasteiger charge is -2.33. The summed E-state index contributed by atoms with van der Waals surface area (Å²) in [4.78, 5) is 24.3. The Hall–Kier alpha value is -1.06. The number of nitrogens with one attached hydrogen (secondary N) is 1. The van der Waals surface area contributed by atoms with Crippen molar-refractivity contribution in [3.8, 4) is 0 Å². The summed E-state index contributed by atoms with van der Waals surface area (Å²) in [5.41, 5.74) is 0. The molecule has 0 spiro atoms. The predicted octanol–water partition coefficient (Wildman–Crippen LogP) is 1.86. The quantitative estimate of drug-likeness (QED) is 0.795. The second kappa shape index (κ2) is 5.32. The highest BCUT2D eigenvalue weighted by Crippen LogP contribution is 2.22. The van der Waals surface area contributed by atoms with Gasteiger partial charge in [-0.25, -0.2) is 4.79 Å². The number of hydrogen-bond donors (Lipinski definition) is 1. The van der Waals surface area contributed by atoms with Crippen molar-refractivity contribution in [1.82, 2.24) is 10.2 Å². The summed E-state index contributed by atoms with van der Waals surface area (Å²) in [5.74, 6) is 1.42. The first-order valence-corrected chi connectivity index (χ1v) is 6.00.